The summed E-state index contributed by atoms with van der Waals surface area (Å²) in [6.07, 6.45) is 1.39. The lowest BCUT2D eigenvalue weighted by molar-refractivity contribution is -0.146. The van der Waals surface area contributed by atoms with Crippen molar-refractivity contribution in [2.24, 2.45) is 5.92 Å². The highest BCUT2D eigenvalue weighted by molar-refractivity contribution is 8.00. The minimum atomic E-state index is -0.811. The summed E-state index contributed by atoms with van der Waals surface area (Å²) in [5, 5.41) is 9.15. The Morgan fingerprint density at radius 1 is 1.30 bits per heavy atom. The average molecular weight is 337 g/mol. The van der Waals surface area contributed by atoms with Crippen LogP contribution in [0.2, 0.25) is 0 Å². The van der Waals surface area contributed by atoms with Crippen LogP contribution in [-0.2, 0) is 9.59 Å². The summed E-state index contributed by atoms with van der Waals surface area (Å²) in [6, 6.07) is 7.75. The molecule has 0 saturated carbocycles. The predicted molar refractivity (Wildman–Crippen MR) is 89.9 cm³/mol. The molecule has 1 N–H and O–H groups in total. The maximum Gasteiger partial charge on any atom is 0.308 e. The molecule has 0 bridgehead atoms. The molecule has 2 atom stereocenters. The van der Waals surface area contributed by atoms with Crippen LogP contribution in [0.15, 0.2) is 29.2 Å². The first kappa shape index (κ1) is 17.7. The van der Waals surface area contributed by atoms with Crippen molar-refractivity contribution in [3.05, 3.63) is 24.3 Å². The first-order valence-electron chi connectivity index (χ1n) is 7.89. The molecular formula is C17H23NO4S. The van der Waals surface area contributed by atoms with E-state index in [1.54, 1.807) is 4.90 Å². The molecule has 0 radical (unpaired) electrons. The van der Waals surface area contributed by atoms with Gasteiger partial charge in [0.25, 0.3) is 0 Å². The Balaban J connectivity index is 1.89. The first-order valence-corrected chi connectivity index (χ1v) is 8.87. The van der Waals surface area contributed by atoms with Crippen molar-refractivity contribution in [1.29, 1.82) is 0 Å². The number of amides is 1. The number of carbonyl (C=O) groups is 2. The van der Waals surface area contributed by atoms with Gasteiger partial charge in [0, 0.05) is 17.5 Å². The van der Waals surface area contributed by atoms with Crippen LogP contribution in [0.5, 0.6) is 5.75 Å². The maximum atomic E-state index is 12.4. The van der Waals surface area contributed by atoms with E-state index in [1.807, 2.05) is 38.1 Å². The topological polar surface area (TPSA) is 66.8 Å². The van der Waals surface area contributed by atoms with E-state index in [4.69, 9.17) is 9.84 Å². The van der Waals surface area contributed by atoms with Crippen LogP contribution < -0.4 is 4.74 Å². The largest absolute Gasteiger partial charge is 0.494 e. The van der Waals surface area contributed by atoms with E-state index in [2.05, 4.69) is 0 Å². The molecule has 0 aliphatic carbocycles. The van der Waals surface area contributed by atoms with E-state index >= 15 is 0 Å². The van der Waals surface area contributed by atoms with Crippen molar-refractivity contribution < 1.29 is 19.4 Å². The fraction of sp³-hybridized carbons (Fsp3) is 0.529. The Hall–Kier alpha value is -1.69. The predicted octanol–water partition coefficient (Wildman–Crippen LogP) is 2.89. The van der Waals surface area contributed by atoms with E-state index in [-0.39, 0.29) is 11.9 Å². The zero-order valence-electron chi connectivity index (χ0n) is 13.5. The van der Waals surface area contributed by atoms with Crippen LogP contribution in [-0.4, -0.2) is 46.8 Å². The molecule has 23 heavy (non-hydrogen) atoms. The maximum absolute atomic E-state index is 12.4. The standard InChI is InChI=1S/C17H23NO4S/c1-3-22-14-6-8-15(9-7-14)23-11-16(19)18-10-13(17(20)21)5-4-12(18)2/h6-9,12-13H,3-5,10-11H2,1-2H3,(H,20,21). The fourth-order valence-electron chi connectivity index (χ4n) is 2.68. The van der Waals surface area contributed by atoms with E-state index in [9.17, 15) is 9.59 Å². The molecule has 1 aromatic carbocycles. The van der Waals surface area contributed by atoms with Crippen molar-refractivity contribution in [3.8, 4) is 5.75 Å². The SMILES string of the molecule is CCOc1ccc(SCC(=O)N2CC(C(=O)O)CCC2C)cc1. The van der Waals surface area contributed by atoms with Gasteiger partial charge in [0.15, 0.2) is 0 Å². The summed E-state index contributed by atoms with van der Waals surface area (Å²) >= 11 is 1.47. The number of aliphatic carboxylic acids is 1. The second-order valence-corrected chi connectivity index (χ2v) is 6.75. The van der Waals surface area contributed by atoms with Gasteiger partial charge in [-0.3, -0.25) is 9.59 Å². The number of likely N-dealkylation sites (tertiary alicyclic amines) is 1. The number of rotatable bonds is 6. The minimum absolute atomic E-state index is 0.00216. The van der Waals surface area contributed by atoms with Crippen LogP contribution in [0.1, 0.15) is 26.7 Å². The van der Waals surface area contributed by atoms with Crippen LogP contribution in [0, 0.1) is 5.92 Å². The van der Waals surface area contributed by atoms with Gasteiger partial charge in [-0.15, -0.1) is 11.8 Å². The fourth-order valence-corrected chi connectivity index (χ4v) is 3.47. The van der Waals surface area contributed by atoms with Gasteiger partial charge >= 0.3 is 5.97 Å². The number of piperidine rings is 1. The van der Waals surface area contributed by atoms with Crippen LogP contribution >= 0.6 is 11.8 Å². The Labute approximate surface area is 141 Å². The third kappa shape index (κ3) is 4.89. The molecule has 2 rings (SSSR count). The van der Waals surface area contributed by atoms with Crippen molar-refractivity contribution >= 4 is 23.6 Å². The summed E-state index contributed by atoms with van der Waals surface area (Å²) in [5.41, 5.74) is 0. The number of thioether (sulfide) groups is 1. The van der Waals surface area contributed by atoms with Crippen LogP contribution in [0.25, 0.3) is 0 Å². The zero-order chi connectivity index (χ0) is 16.8. The molecule has 1 aromatic rings. The van der Waals surface area contributed by atoms with E-state index in [0.717, 1.165) is 17.1 Å². The first-order chi connectivity index (χ1) is 11.0. The van der Waals surface area contributed by atoms with Gasteiger partial charge in [0.1, 0.15) is 5.75 Å². The van der Waals surface area contributed by atoms with Gasteiger partial charge < -0.3 is 14.7 Å². The number of nitrogens with zero attached hydrogens (tertiary/aromatic N) is 1. The second-order valence-electron chi connectivity index (χ2n) is 5.70. The van der Waals surface area contributed by atoms with Crippen LogP contribution in [0.3, 0.4) is 0 Å². The number of carbonyl (C=O) groups excluding carboxylic acids is 1. The monoisotopic (exact) mass is 337 g/mol. The number of ether oxygens (including phenoxy) is 1. The lowest BCUT2D eigenvalue weighted by Crippen LogP contribution is -2.48. The lowest BCUT2D eigenvalue weighted by atomic mass is 9.93. The Morgan fingerprint density at radius 2 is 2.00 bits per heavy atom. The van der Waals surface area contributed by atoms with Gasteiger partial charge in [0.05, 0.1) is 18.3 Å². The quantitative estimate of drug-likeness (QED) is 0.809. The molecule has 5 nitrogen and oxygen atoms in total. The van der Waals surface area contributed by atoms with Crippen molar-refractivity contribution in [2.45, 2.75) is 37.6 Å². The molecule has 1 amide bonds. The minimum Gasteiger partial charge on any atom is -0.494 e. The van der Waals surface area contributed by atoms with Gasteiger partial charge in [0.2, 0.25) is 5.91 Å². The van der Waals surface area contributed by atoms with Crippen LogP contribution in [0.4, 0.5) is 0 Å². The number of carboxylic acids is 1. The highest BCUT2D eigenvalue weighted by Gasteiger charge is 2.32. The molecule has 1 heterocycles. The van der Waals surface area contributed by atoms with Gasteiger partial charge in [-0.1, -0.05) is 0 Å². The molecule has 126 valence electrons. The molecule has 0 spiro atoms. The third-order valence-electron chi connectivity index (χ3n) is 4.05. The molecule has 1 aliphatic heterocycles. The molecule has 1 saturated heterocycles. The molecule has 1 fully saturated rings. The summed E-state index contributed by atoms with van der Waals surface area (Å²) in [4.78, 5) is 26.3. The summed E-state index contributed by atoms with van der Waals surface area (Å²) in [6.45, 7) is 4.87. The Kier molecular flexibility index (Phi) is 6.33. The summed E-state index contributed by atoms with van der Waals surface area (Å²) < 4.78 is 5.39. The smallest absolute Gasteiger partial charge is 0.308 e. The summed E-state index contributed by atoms with van der Waals surface area (Å²) in [7, 11) is 0. The molecule has 2 unspecified atom stereocenters. The second kappa shape index (κ2) is 8.24. The zero-order valence-corrected chi connectivity index (χ0v) is 14.3. The van der Waals surface area contributed by atoms with Gasteiger partial charge in [-0.2, -0.15) is 0 Å². The highest BCUT2D eigenvalue weighted by atomic mass is 32.2. The molecule has 6 heteroatoms. The molecule has 0 aromatic heterocycles. The lowest BCUT2D eigenvalue weighted by Gasteiger charge is -2.36. The van der Waals surface area contributed by atoms with Gasteiger partial charge in [-0.25, -0.2) is 0 Å². The van der Waals surface area contributed by atoms with E-state index in [1.165, 1.54) is 11.8 Å². The van der Waals surface area contributed by atoms with E-state index < -0.39 is 11.9 Å². The van der Waals surface area contributed by atoms with E-state index in [0.29, 0.717) is 25.3 Å². The normalized spacial score (nSPS) is 21.0. The Morgan fingerprint density at radius 3 is 2.61 bits per heavy atom. The van der Waals surface area contributed by atoms with Gasteiger partial charge in [-0.05, 0) is 51.0 Å². The molecule has 1 aliphatic rings. The van der Waals surface area contributed by atoms with Crippen molar-refractivity contribution in [1.82, 2.24) is 4.90 Å². The number of benzene rings is 1. The average Bonchev–Trinajstić information content (AvgIpc) is 2.54. The van der Waals surface area contributed by atoms with Crippen molar-refractivity contribution in [2.75, 3.05) is 18.9 Å². The number of hydrogen-bond acceptors (Lipinski definition) is 4. The third-order valence-corrected chi connectivity index (χ3v) is 5.05. The van der Waals surface area contributed by atoms with Crippen molar-refractivity contribution in [3.63, 3.8) is 0 Å². The Bertz CT molecular complexity index is 546. The molecular weight excluding hydrogens is 314 g/mol. The summed E-state index contributed by atoms with van der Waals surface area (Å²) in [5.74, 6) is -0.107. The number of carboxylic acid groups (broad SMARTS) is 1. The highest BCUT2D eigenvalue weighted by Crippen LogP contribution is 2.25. The number of hydrogen-bond donors (Lipinski definition) is 1.